The van der Waals surface area contributed by atoms with Crippen LogP contribution in [-0.2, 0) is 4.74 Å². The first kappa shape index (κ1) is 20.6. The second kappa shape index (κ2) is 9.28. The molecule has 1 fully saturated rings. The number of anilines is 1. The molecule has 1 aliphatic heterocycles. The number of nitrogens with two attached hydrogens (primary N) is 1. The van der Waals surface area contributed by atoms with Crippen molar-refractivity contribution in [1.82, 2.24) is 10.2 Å². The van der Waals surface area contributed by atoms with Crippen molar-refractivity contribution in [2.24, 2.45) is 0 Å². The monoisotopic (exact) mass is 369 g/mol. The number of nitrogen functional groups attached to an aromatic ring is 1. The lowest BCUT2D eigenvalue weighted by atomic mass is 9.86. The number of hydrogen-bond acceptors (Lipinski definition) is 4. The van der Waals surface area contributed by atoms with Crippen molar-refractivity contribution < 1.29 is 18.3 Å². The summed E-state index contributed by atoms with van der Waals surface area (Å²) < 4.78 is 33.1. The van der Waals surface area contributed by atoms with Crippen LogP contribution >= 0.6 is 0 Å². The van der Waals surface area contributed by atoms with Gasteiger partial charge in [0.25, 0.3) is 5.91 Å². The fourth-order valence-corrected chi connectivity index (χ4v) is 3.77. The van der Waals surface area contributed by atoms with Gasteiger partial charge in [0.2, 0.25) is 0 Å². The Morgan fingerprint density at radius 3 is 2.38 bits per heavy atom. The molecule has 26 heavy (non-hydrogen) atoms. The number of rotatable bonds is 8. The molecule has 5 nitrogen and oxygen atoms in total. The van der Waals surface area contributed by atoms with E-state index >= 15 is 0 Å². The number of ether oxygens (including phenoxy) is 1. The third-order valence-electron chi connectivity index (χ3n) is 5.02. The molecule has 1 heterocycles. The largest absolute Gasteiger partial charge is 0.396 e. The highest BCUT2D eigenvalue weighted by Crippen LogP contribution is 2.28. The van der Waals surface area contributed by atoms with Crippen LogP contribution in [0.4, 0.5) is 14.5 Å². The molecule has 146 valence electrons. The lowest BCUT2D eigenvalue weighted by Gasteiger charge is -2.46. The number of hydrogen-bond donors (Lipinski definition) is 2. The van der Waals surface area contributed by atoms with Gasteiger partial charge < -0.3 is 15.8 Å². The standard InChI is InChI=1S/C19H29F2N3O2/c1-3-5-19(6-4-2,24-7-9-26-10-8-24)13-23-18(25)14-11-16(21)17(22)12-15(14)20/h11-12H,3-10,13,22H2,1-2H3,(H,23,25). The maximum Gasteiger partial charge on any atom is 0.254 e. The maximum atomic E-state index is 14.0. The van der Waals surface area contributed by atoms with Gasteiger partial charge in [-0.05, 0) is 18.9 Å². The van der Waals surface area contributed by atoms with Crippen LogP contribution < -0.4 is 11.1 Å². The fraction of sp³-hybridized carbons (Fsp3) is 0.632. The summed E-state index contributed by atoms with van der Waals surface area (Å²) >= 11 is 0. The van der Waals surface area contributed by atoms with E-state index in [0.29, 0.717) is 19.8 Å². The predicted octanol–water partition coefficient (Wildman–Crippen LogP) is 2.95. The molecule has 0 atom stereocenters. The average Bonchev–Trinajstić information content (AvgIpc) is 2.63. The Morgan fingerprint density at radius 2 is 1.81 bits per heavy atom. The third-order valence-corrected chi connectivity index (χ3v) is 5.02. The minimum Gasteiger partial charge on any atom is -0.396 e. The summed E-state index contributed by atoms with van der Waals surface area (Å²) in [5.41, 5.74) is 4.52. The second-order valence-corrected chi connectivity index (χ2v) is 6.86. The second-order valence-electron chi connectivity index (χ2n) is 6.86. The van der Waals surface area contributed by atoms with E-state index in [9.17, 15) is 13.6 Å². The first-order valence-electron chi connectivity index (χ1n) is 9.29. The van der Waals surface area contributed by atoms with Crippen LogP contribution in [0.2, 0.25) is 0 Å². The molecule has 1 amide bonds. The number of benzene rings is 1. The summed E-state index contributed by atoms with van der Waals surface area (Å²) in [6, 6.07) is 1.70. The van der Waals surface area contributed by atoms with Crippen molar-refractivity contribution >= 4 is 11.6 Å². The van der Waals surface area contributed by atoms with E-state index in [1.807, 2.05) is 0 Å². The van der Waals surface area contributed by atoms with E-state index in [4.69, 9.17) is 10.5 Å². The molecule has 0 saturated carbocycles. The molecule has 1 aromatic rings. The Morgan fingerprint density at radius 1 is 1.19 bits per heavy atom. The molecule has 7 heteroatoms. The normalized spacial score (nSPS) is 15.8. The number of carbonyl (C=O) groups is 1. The van der Waals surface area contributed by atoms with Gasteiger partial charge in [-0.3, -0.25) is 9.69 Å². The molecule has 0 unspecified atom stereocenters. The van der Waals surface area contributed by atoms with Crippen molar-refractivity contribution in [3.05, 3.63) is 29.3 Å². The molecule has 0 aromatic heterocycles. The Labute approximate surface area is 153 Å². The maximum absolute atomic E-state index is 14.0. The van der Waals surface area contributed by atoms with Gasteiger partial charge in [-0.1, -0.05) is 26.7 Å². The molecule has 2 rings (SSSR count). The van der Waals surface area contributed by atoms with E-state index in [0.717, 1.165) is 50.9 Å². The van der Waals surface area contributed by atoms with E-state index < -0.39 is 17.5 Å². The SMILES string of the molecule is CCCC(CCC)(CNC(=O)c1cc(F)c(N)cc1F)N1CCOCC1. The molecule has 0 spiro atoms. The van der Waals surface area contributed by atoms with Gasteiger partial charge in [0.1, 0.15) is 11.6 Å². The van der Waals surface area contributed by atoms with Crippen LogP contribution in [-0.4, -0.2) is 49.2 Å². The van der Waals surface area contributed by atoms with Crippen LogP contribution in [0.3, 0.4) is 0 Å². The van der Waals surface area contributed by atoms with Gasteiger partial charge in [0.15, 0.2) is 0 Å². The fourth-order valence-electron chi connectivity index (χ4n) is 3.77. The van der Waals surface area contributed by atoms with Crippen molar-refractivity contribution in [2.45, 2.75) is 45.1 Å². The molecule has 3 N–H and O–H groups in total. The average molecular weight is 369 g/mol. The van der Waals surface area contributed by atoms with Crippen molar-refractivity contribution in [3.8, 4) is 0 Å². The van der Waals surface area contributed by atoms with E-state index in [2.05, 4.69) is 24.1 Å². The van der Waals surface area contributed by atoms with E-state index in [-0.39, 0.29) is 16.8 Å². The molecule has 1 saturated heterocycles. The molecule has 0 bridgehead atoms. The summed E-state index contributed by atoms with van der Waals surface area (Å²) in [6.07, 6.45) is 3.77. The highest BCUT2D eigenvalue weighted by Gasteiger charge is 2.36. The summed E-state index contributed by atoms with van der Waals surface area (Å²) in [6.45, 7) is 7.56. The lowest BCUT2D eigenvalue weighted by Crippen LogP contribution is -2.58. The zero-order chi connectivity index (χ0) is 19.2. The van der Waals surface area contributed by atoms with Gasteiger partial charge in [-0.2, -0.15) is 0 Å². The van der Waals surface area contributed by atoms with Crippen LogP contribution in [0, 0.1) is 11.6 Å². The topological polar surface area (TPSA) is 67.6 Å². The minimum absolute atomic E-state index is 0.203. The van der Waals surface area contributed by atoms with Crippen molar-refractivity contribution in [1.29, 1.82) is 0 Å². The highest BCUT2D eigenvalue weighted by molar-refractivity contribution is 5.94. The van der Waals surface area contributed by atoms with E-state index in [1.54, 1.807) is 0 Å². The molecule has 0 radical (unpaired) electrons. The zero-order valence-corrected chi connectivity index (χ0v) is 15.6. The first-order chi connectivity index (χ1) is 12.4. The highest BCUT2D eigenvalue weighted by atomic mass is 19.1. The van der Waals surface area contributed by atoms with Crippen LogP contribution in [0.25, 0.3) is 0 Å². The summed E-state index contributed by atoms with van der Waals surface area (Å²) in [5.74, 6) is -2.23. The first-order valence-corrected chi connectivity index (χ1v) is 9.29. The van der Waals surface area contributed by atoms with Crippen LogP contribution in [0.1, 0.15) is 49.9 Å². The smallest absolute Gasteiger partial charge is 0.254 e. The van der Waals surface area contributed by atoms with Gasteiger partial charge in [0, 0.05) is 31.2 Å². The number of carbonyl (C=O) groups excluding carboxylic acids is 1. The Balaban J connectivity index is 2.17. The quantitative estimate of drug-likeness (QED) is 0.692. The zero-order valence-electron chi connectivity index (χ0n) is 15.6. The van der Waals surface area contributed by atoms with Crippen molar-refractivity contribution in [2.75, 3.05) is 38.6 Å². The number of amides is 1. The van der Waals surface area contributed by atoms with Gasteiger partial charge in [-0.15, -0.1) is 0 Å². The van der Waals surface area contributed by atoms with Gasteiger partial charge in [0.05, 0.1) is 24.5 Å². The summed E-state index contributed by atoms with van der Waals surface area (Å²) in [4.78, 5) is 14.8. The molecule has 1 aliphatic rings. The molecular formula is C19H29F2N3O2. The molecule has 0 aliphatic carbocycles. The Bertz CT molecular complexity index is 613. The Kier molecular flexibility index (Phi) is 7.34. The summed E-state index contributed by atoms with van der Waals surface area (Å²) in [5, 5.41) is 2.83. The third kappa shape index (κ3) is 4.71. The molecule has 1 aromatic carbocycles. The van der Waals surface area contributed by atoms with Crippen LogP contribution in [0.5, 0.6) is 0 Å². The van der Waals surface area contributed by atoms with Crippen LogP contribution in [0.15, 0.2) is 12.1 Å². The molecular weight excluding hydrogens is 340 g/mol. The number of nitrogens with zero attached hydrogens (tertiary/aromatic N) is 1. The van der Waals surface area contributed by atoms with Gasteiger partial charge in [-0.25, -0.2) is 8.78 Å². The van der Waals surface area contributed by atoms with Crippen molar-refractivity contribution in [3.63, 3.8) is 0 Å². The minimum atomic E-state index is -0.815. The number of morpholine rings is 1. The lowest BCUT2D eigenvalue weighted by molar-refractivity contribution is -0.0294. The van der Waals surface area contributed by atoms with Gasteiger partial charge >= 0.3 is 0 Å². The number of halogens is 2. The Hall–Kier alpha value is -1.73. The summed E-state index contributed by atoms with van der Waals surface area (Å²) in [7, 11) is 0. The van der Waals surface area contributed by atoms with E-state index in [1.165, 1.54) is 0 Å². The predicted molar refractivity (Wildman–Crippen MR) is 98.0 cm³/mol. The number of nitrogens with one attached hydrogen (secondary N) is 1.